The lowest BCUT2D eigenvalue weighted by molar-refractivity contribution is -0.386. The summed E-state index contributed by atoms with van der Waals surface area (Å²) >= 11 is 0. The van der Waals surface area contributed by atoms with Gasteiger partial charge in [-0.05, 0) is 46.1 Å². The van der Waals surface area contributed by atoms with Crippen molar-refractivity contribution in [2.45, 2.75) is 45.8 Å². The molecular formula is C14H20BNO5. The van der Waals surface area contributed by atoms with Crippen molar-refractivity contribution in [1.29, 1.82) is 0 Å². The normalized spacial score (nSPS) is 19.6. The van der Waals surface area contributed by atoms with Crippen LogP contribution in [0.5, 0.6) is 5.75 Å². The summed E-state index contributed by atoms with van der Waals surface area (Å²) in [6, 6.07) is 3.33. The Kier molecular flexibility index (Phi) is 3.76. The van der Waals surface area contributed by atoms with Gasteiger partial charge in [0.25, 0.3) is 0 Å². The Hall–Kier alpha value is -1.60. The van der Waals surface area contributed by atoms with Gasteiger partial charge in [0.05, 0.1) is 23.2 Å². The molecule has 1 aromatic rings. The molecule has 0 atom stereocenters. The number of benzene rings is 1. The first-order valence-electron chi connectivity index (χ1n) is 6.78. The van der Waals surface area contributed by atoms with Gasteiger partial charge in [0.1, 0.15) is 0 Å². The van der Waals surface area contributed by atoms with Crippen molar-refractivity contribution in [1.82, 2.24) is 0 Å². The molecule has 2 rings (SSSR count). The van der Waals surface area contributed by atoms with Crippen LogP contribution in [0.15, 0.2) is 12.1 Å². The van der Waals surface area contributed by atoms with Crippen molar-refractivity contribution in [2.75, 3.05) is 7.11 Å². The van der Waals surface area contributed by atoms with E-state index in [1.54, 1.807) is 19.1 Å². The van der Waals surface area contributed by atoms with E-state index < -0.39 is 23.2 Å². The van der Waals surface area contributed by atoms with Crippen LogP contribution < -0.4 is 10.2 Å². The summed E-state index contributed by atoms with van der Waals surface area (Å²) in [6.45, 7) is 9.46. The van der Waals surface area contributed by atoms with E-state index in [1.165, 1.54) is 7.11 Å². The van der Waals surface area contributed by atoms with Crippen molar-refractivity contribution < 1.29 is 19.0 Å². The number of rotatable bonds is 3. The van der Waals surface area contributed by atoms with Crippen LogP contribution in [-0.4, -0.2) is 30.4 Å². The molecule has 0 aromatic heterocycles. The quantitative estimate of drug-likeness (QED) is 0.485. The second-order valence-electron chi connectivity index (χ2n) is 6.18. The van der Waals surface area contributed by atoms with Crippen molar-refractivity contribution >= 4 is 18.3 Å². The zero-order chi connectivity index (χ0) is 16.0. The molecule has 0 bridgehead atoms. The number of hydrogen-bond acceptors (Lipinski definition) is 5. The molecule has 1 saturated heterocycles. The molecule has 6 nitrogen and oxygen atoms in total. The molecule has 114 valence electrons. The zero-order valence-electron chi connectivity index (χ0n) is 13.2. The second kappa shape index (κ2) is 5.00. The molecule has 1 fully saturated rings. The first-order valence-corrected chi connectivity index (χ1v) is 6.78. The van der Waals surface area contributed by atoms with E-state index >= 15 is 0 Å². The van der Waals surface area contributed by atoms with E-state index in [-0.39, 0.29) is 11.4 Å². The summed E-state index contributed by atoms with van der Waals surface area (Å²) in [4.78, 5) is 10.8. The summed E-state index contributed by atoms with van der Waals surface area (Å²) in [5.74, 6) is 0.234. The fourth-order valence-electron chi connectivity index (χ4n) is 2.31. The van der Waals surface area contributed by atoms with Gasteiger partial charge in [0.2, 0.25) is 0 Å². The van der Waals surface area contributed by atoms with Crippen molar-refractivity contribution in [2.24, 2.45) is 0 Å². The molecule has 0 amide bonds. The SMILES string of the molecule is COc1ccc(B2OC(C)(C)C(C)(C)O2)c(C)c1[N+](=O)[O-]. The summed E-state index contributed by atoms with van der Waals surface area (Å²) < 4.78 is 17.0. The van der Waals surface area contributed by atoms with E-state index in [4.69, 9.17) is 14.0 Å². The third kappa shape index (κ3) is 2.51. The summed E-state index contributed by atoms with van der Waals surface area (Å²) in [6.07, 6.45) is 0. The highest BCUT2D eigenvalue weighted by molar-refractivity contribution is 6.62. The summed E-state index contributed by atoms with van der Waals surface area (Å²) in [5.41, 5.74) is 0.126. The average molecular weight is 293 g/mol. The maximum absolute atomic E-state index is 11.3. The van der Waals surface area contributed by atoms with Crippen LogP contribution in [0.1, 0.15) is 33.3 Å². The lowest BCUT2D eigenvalue weighted by Crippen LogP contribution is -2.41. The molecule has 0 aliphatic carbocycles. The minimum absolute atomic E-state index is 0.0512. The van der Waals surface area contributed by atoms with Gasteiger partial charge in [0, 0.05) is 5.56 Å². The molecule has 0 saturated carbocycles. The standard InChI is InChI=1S/C14H20BNO5/c1-9-10(7-8-11(19-6)12(9)16(17)18)15-20-13(2,3)14(4,5)21-15/h7-8H,1-6H3. The number of nitrogens with zero attached hydrogens (tertiary/aromatic N) is 1. The van der Waals surface area contributed by atoms with Crippen LogP contribution in [0, 0.1) is 17.0 Å². The molecule has 0 spiro atoms. The molecule has 0 unspecified atom stereocenters. The molecule has 0 N–H and O–H groups in total. The molecule has 1 aromatic carbocycles. The van der Waals surface area contributed by atoms with Gasteiger partial charge >= 0.3 is 12.8 Å². The highest BCUT2D eigenvalue weighted by atomic mass is 16.7. The van der Waals surface area contributed by atoms with Crippen LogP contribution in [0.3, 0.4) is 0 Å². The Labute approximate surface area is 124 Å². The van der Waals surface area contributed by atoms with Gasteiger partial charge in [-0.1, -0.05) is 6.07 Å². The Bertz CT molecular complexity index is 569. The van der Waals surface area contributed by atoms with E-state index in [2.05, 4.69) is 0 Å². The first kappa shape index (κ1) is 15.8. The number of nitro groups is 1. The van der Waals surface area contributed by atoms with Crippen molar-refractivity contribution in [3.8, 4) is 5.75 Å². The van der Waals surface area contributed by atoms with Crippen LogP contribution in [0.25, 0.3) is 0 Å². The average Bonchev–Trinajstić information content (AvgIpc) is 2.57. The topological polar surface area (TPSA) is 70.8 Å². The third-order valence-corrected chi connectivity index (χ3v) is 4.35. The minimum atomic E-state index is -0.625. The minimum Gasteiger partial charge on any atom is -0.490 e. The molecule has 21 heavy (non-hydrogen) atoms. The number of methoxy groups -OCH3 is 1. The van der Waals surface area contributed by atoms with E-state index in [9.17, 15) is 10.1 Å². The van der Waals surface area contributed by atoms with Crippen LogP contribution in [0.2, 0.25) is 0 Å². The molecular weight excluding hydrogens is 273 g/mol. The Morgan fingerprint density at radius 1 is 1.19 bits per heavy atom. The lowest BCUT2D eigenvalue weighted by Gasteiger charge is -2.32. The maximum atomic E-state index is 11.3. The highest BCUT2D eigenvalue weighted by Gasteiger charge is 2.52. The molecule has 1 aliphatic rings. The van der Waals surface area contributed by atoms with Gasteiger partial charge in [-0.2, -0.15) is 0 Å². The third-order valence-electron chi connectivity index (χ3n) is 4.35. The van der Waals surface area contributed by atoms with Crippen molar-refractivity contribution in [3.63, 3.8) is 0 Å². The first-order chi connectivity index (χ1) is 9.60. The molecule has 7 heteroatoms. The van der Waals surface area contributed by atoms with Gasteiger partial charge in [0.15, 0.2) is 5.75 Å². The zero-order valence-corrected chi connectivity index (χ0v) is 13.2. The lowest BCUT2D eigenvalue weighted by atomic mass is 9.75. The Morgan fingerprint density at radius 3 is 2.14 bits per heavy atom. The number of ether oxygens (including phenoxy) is 1. The van der Waals surface area contributed by atoms with Crippen LogP contribution >= 0.6 is 0 Å². The molecule has 1 heterocycles. The van der Waals surface area contributed by atoms with Crippen molar-refractivity contribution in [3.05, 3.63) is 27.8 Å². The monoisotopic (exact) mass is 293 g/mol. The predicted octanol–water partition coefficient (Wildman–Crippen LogP) is 2.21. The predicted molar refractivity (Wildman–Crippen MR) is 80.1 cm³/mol. The number of hydrogen-bond donors (Lipinski definition) is 0. The van der Waals surface area contributed by atoms with Gasteiger partial charge in [-0.3, -0.25) is 10.1 Å². The maximum Gasteiger partial charge on any atom is 0.495 e. The Morgan fingerprint density at radius 2 is 1.71 bits per heavy atom. The van der Waals surface area contributed by atoms with E-state index in [0.29, 0.717) is 11.0 Å². The fourth-order valence-corrected chi connectivity index (χ4v) is 2.31. The fraction of sp³-hybridized carbons (Fsp3) is 0.571. The van der Waals surface area contributed by atoms with Crippen LogP contribution in [0.4, 0.5) is 5.69 Å². The van der Waals surface area contributed by atoms with Crippen LogP contribution in [-0.2, 0) is 9.31 Å². The van der Waals surface area contributed by atoms with E-state index in [1.807, 2.05) is 27.7 Å². The van der Waals surface area contributed by atoms with Gasteiger partial charge < -0.3 is 14.0 Å². The summed E-state index contributed by atoms with van der Waals surface area (Å²) in [5, 5.41) is 11.3. The molecule has 1 aliphatic heterocycles. The van der Waals surface area contributed by atoms with Gasteiger partial charge in [-0.25, -0.2) is 0 Å². The highest BCUT2D eigenvalue weighted by Crippen LogP contribution is 2.38. The number of nitro benzene ring substituents is 1. The van der Waals surface area contributed by atoms with E-state index in [0.717, 1.165) is 0 Å². The smallest absolute Gasteiger partial charge is 0.490 e. The Balaban J connectivity index is 2.48. The largest absolute Gasteiger partial charge is 0.495 e. The van der Waals surface area contributed by atoms with Gasteiger partial charge in [-0.15, -0.1) is 0 Å². The molecule has 0 radical (unpaired) electrons. The second-order valence-corrected chi connectivity index (χ2v) is 6.18. The summed E-state index contributed by atoms with van der Waals surface area (Å²) in [7, 11) is 0.788.